The topological polar surface area (TPSA) is 26.0 Å². The van der Waals surface area contributed by atoms with E-state index in [1.807, 2.05) is 24.3 Å². The first kappa shape index (κ1) is 15.0. The number of allylic oxidation sites excluding steroid dienone is 4. The van der Waals surface area contributed by atoms with Gasteiger partial charge in [-0.25, -0.2) is 0 Å². The zero-order chi connectivity index (χ0) is 16.7. The molecule has 0 aliphatic heterocycles. The molecular formula is C23H23N. The molecule has 1 heteroatoms. The Bertz CT molecular complexity index is 877. The first-order chi connectivity index (χ1) is 11.6. The zero-order valence-electron chi connectivity index (χ0n) is 14.3. The number of nitrogen functional groups attached to an aromatic ring is 1. The highest BCUT2D eigenvalue weighted by molar-refractivity contribution is 5.87. The van der Waals surface area contributed by atoms with Gasteiger partial charge in [-0.1, -0.05) is 74.1 Å². The summed E-state index contributed by atoms with van der Waals surface area (Å²) >= 11 is 0. The molecule has 0 spiro atoms. The maximum atomic E-state index is 5.75. The Morgan fingerprint density at radius 1 is 0.958 bits per heavy atom. The normalized spacial score (nSPS) is 18.1. The van der Waals surface area contributed by atoms with Gasteiger partial charge in [0.25, 0.3) is 0 Å². The van der Waals surface area contributed by atoms with E-state index in [-0.39, 0.29) is 5.41 Å². The highest BCUT2D eigenvalue weighted by Gasteiger charge is 2.37. The average Bonchev–Trinajstić information content (AvgIpc) is 2.83. The first-order valence-electron chi connectivity index (χ1n) is 8.64. The van der Waals surface area contributed by atoms with Crippen molar-refractivity contribution in [1.82, 2.24) is 0 Å². The molecule has 0 aromatic heterocycles. The Hall–Kier alpha value is -2.54. The van der Waals surface area contributed by atoms with Crippen molar-refractivity contribution in [3.63, 3.8) is 0 Å². The Morgan fingerprint density at radius 2 is 1.67 bits per heavy atom. The molecular weight excluding hydrogens is 290 g/mol. The molecule has 0 unspecified atom stereocenters. The monoisotopic (exact) mass is 313 g/mol. The fourth-order valence-corrected chi connectivity index (χ4v) is 3.95. The van der Waals surface area contributed by atoms with Gasteiger partial charge in [0.2, 0.25) is 0 Å². The van der Waals surface area contributed by atoms with E-state index in [1.54, 1.807) is 5.57 Å². The van der Waals surface area contributed by atoms with Crippen molar-refractivity contribution in [2.45, 2.75) is 32.1 Å². The number of fused-ring (bicyclic) bond motifs is 2. The highest BCUT2D eigenvalue weighted by atomic mass is 14.5. The average molecular weight is 313 g/mol. The van der Waals surface area contributed by atoms with Gasteiger partial charge in [0.05, 0.1) is 0 Å². The lowest BCUT2D eigenvalue weighted by molar-refractivity contribution is 0.607. The number of hydrogen-bond donors (Lipinski definition) is 1. The zero-order valence-corrected chi connectivity index (χ0v) is 14.3. The quantitative estimate of drug-likeness (QED) is 0.547. The second-order valence-electron chi connectivity index (χ2n) is 7.26. The summed E-state index contributed by atoms with van der Waals surface area (Å²) in [5.41, 5.74) is 15.0. The first-order valence-corrected chi connectivity index (χ1v) is 8.64. The van der Waals surface area contributed by atoms with Gasteiger partial charge in [-0.15, -0.1) is 0 Å². The number of hydrogen-bond acceptors (Lipinski definition) is 1. The molecule has 2 aliphatic rings. The summed E-state index contributed by atoms with van der Waals surface area (Å²) in [6, 6.07) is 14.8. The van der Waals surface area contributed by atoms with E-state index in [9.17, 15) is 0 Å². The van der Waals surface area contributed by atoms with Crippen molar-refractivity contribution in [2.75, 3.05) is 5.73 Å². The summed E-state index contributed by atoms with van der Waals surface area (Å²) in [5, 5.41) is 0. The minimum absolute atomic E-state index is 0.139. The summed E-state index contributed by atoms with van der Waals surface area (Å²) < 4.78 is 0. The summed E-state index contributed by atoms with van der Waals surface area (Å²) in [6.45, 7) is 4.72. The van der Waals surface area contributed by atoms with Gasteiger partial charge in [0.1, 0.15) is 0 Å². The lowest BCUT2D eigenvalue weighted by Crippen LogP contribution is -2.17. The van der Waals surface area contributed by atoms with Crippen molar-refractivity contribution >= 4 is 23.4 Å². The van der Waals surface area contributed by atoms with Crippen LogP contribution in [0.2, 0.25) is 0 Å². The van der Waals surface area contributed by atoms with Crippen LogP contribution in [0.4, 0.5) is 5.69 Å². The third-order valence-electron chi connectivity index (χ3n) is 5.34. The van der Waals surface area contributed by atoms with Crippen LogP contribution >= 0.6 is 0 Å². The minimum Gasteiger partial charge on any atom is -0.399 e. The Kier molecular flexibility index (Phi) is 3.45. The minimum atomic E-state index is 0.139. The molecule has 0 saturated carbocycles. The highest BCUT2D eigenvalue weighted by Crippen LogP contribution is 2.50. The maximum Gasteiger partial charge on any atom is 0.0314 e. The van der Waals surface area contributed by atoms with E-state index in [1.165, 1.54) is 40.7 Å². The molecule has 2 aromatic carbocycles. The van der Waals surface area contributed by atoms with E-state index in [0.29, 0.717) is 0 Å². The fraction of sp³-hybridized carbons (Fsp3) is 0.217. The van der Waals surface area contributed by atoms with Crippen LogP contribution in [0, 0.1) is 0 Å². The predicted molar refractivity (Wildman–Crippen MR) is 105 cm³/mol. The molecule has 0 amide bonds. The second-order valence-corrected chi connectivity index (χ2v) is 7.26. The number of anilines is 1. The van der Waals surface area contributed by atoms with Crippen molar-refractivity contribution in [3.8, 4) is 0 Å². The van der Waals surface area contributed by atoms with Gasteiger partial charge in [-0.05, 0) is 52.8 Å². The van der Waals surface area contributed by atoms with Crippen LogP contribution in [0.25, 0.3) is 17.7 Å². The molecule has 0 saturated heterocycles. The molecule has 4 rings (SSSR count). The molecule has 0 bridgehead atoms. The van der Waals surface area contributed by atoms with E-state index < -0.39 is 0 Å². The Morgan fingerprint density at radius 3 is 2.46 bits per heavy atom. The van der Waals surface area contributed by atoms with Gasteiger partial charge in [0.15, 0.2) is 0 Å². The summed E-state index contributed by atoms with van der Waals surface area (Å²) in [5.74, 6) is 0. The summed E-state index contributed by atoms with van der Waals surface area (Å²) in [6.07, 6.45) is 11.3. The van der Waals surface area contributed by atoms with Gasteiger partial charge in [-0.3, -0.25) is 0 Å². The van der Waals surface area contributed by atoms with Crippen LogP contribution < -0.4 is 5.73 Å². The molecule has 24 heavy (non-hydrogen) atoms. The largest absolute Gasteiger partial charge is 0.399 e. The maximum absolute atomic E-state index is 5.75. The lowest BCUT2D eigenvalue weighted by atomic mass is 9.78. The smallest absolute Gasteiger partial charge is 0.0314 e. The summed E-state index contributed by atoms with van der Waals surface area (Å²) in [7, 11) is 0. The predicted octanol–water partition coefficient (Wildman–Crippen LogP) is 5.83. The van der Waals surface area contributed by atoms with Gasteiger partial charge < -0.3 is 5.73 Å². The molecule has 2 aliphatic carbocycles. The molecule has 2 aromatic rings. The molecule has 0 radical (unpaired) electrons. The fourth-order valence-electron chi connectivity index (χ4n) is 3.95. The van der Waals surface area contributed by atoms with Gasteiger partial charge >= 0.3 is 0 Å². The molecule has 0 heterocycles. The molecule has 2 N–H and O–H groups in total. The van der Waals surface area contributed by atoms with Gasteiger partial charge in [-0.2, -0.15) is 0 Å². The van der Waals surface area contributed by atoms with Crippen molar-refractivity contribution < 1.29 is 0 Å². The third kappa shape index (κ3) is 2.41. The SMILES string of the molecule is CC1(C)C2=C(C=CCC2)c2ccc(C=Cc3ccc(N)cc3)cc21. The van der Waals surface area contributed by atoms with E-state index in [0.717, 1.165) is 5.69 Å². The van der Waals surface area contributed by atoms with Crippen LogP contribution in [0.15, 0.2) is 60.2 Å². The standard InChI is InChI=1S/C23H23N/c1-23(2)21-6-4-3-5-19(21)20-14-11-17(15-22(20)23)8-7-16-9-12-18(24)13-10-16/h3,5,7-15H,4,6,24H2,1-2H3. The molecule has 0 atom stereocenters. The Balaban J connectivity index is 1.69. The lowest BCUT2D eigenvalue weighted by Gasteiger charge is -2.25. The van der Waals surface area contributed by atoms with Crippen molar-refractivity contribution in [3.05, 3.63) is 82.4 Å². The molecule has 0 fully saturated rings. The van der Waals surface area contributed by atoms with Crippen LogP contribution in [0.3, 0.4) is 0 Å². The molecule has 1 nitrogen and oxygen atoms in total. The van der Waals surface area contributed by atoms with E-state index >= 15 is 0 Å². The van der Waals surface area contributed by atoms with Crippen LogP contribution in [-0.4, -0.2) is 0 Å². The van der Waals surface area contributed by atoms with E-state index in [2.05, 4.69) is 56.4 Å². The van der Waals surface area contributed by atoms with Gasteiger partial charge in [0, 0.05) is 11.1 Å². The molecule has 120 valence electrons. The van der Waals surface area contributed by atoms with E-state index in [4.69, 9.17) is 5.73 Å². The second kappa shape index (κ2) is 5.52. The Labute approximate surface area is 144 Å². The number of nitrogens with two attached hydrogens (primary N) is 1. The third-order valence-corrected chi connectivity index (χ3v) is 5.34. The van der Waals surface area contributed by atoms with Crippen LogP contribution in [0.1, 0.15) is 48.9 Å². The van der Waals surface area contributed by atoms with Crippen molar-refractivity contribution in [1.29, 1.82) is 0 Å². The van der Waals surface area contributed by atoms with Crippen molar-refractivity contribution in [2.24, 2.45) is 0 Å². The number of rotatable bonds is 2. The summed E-state index contributed by atoms with van der Waals surface area (Å²) in [4.78, 5) is 0. The number of benzene rings is 2. The van der Waals surface area contributed by atoms with Crippen LogP contribution in [-0.2, 0) is 5.41 Å². The van der Waals surface area contributed by atoms with Crippen LogP contribution in [0.5, 0.6) is 0 Å².